The van der Waals surface area contributed by atoms with Crippen molar-refractivity contribution in [2.45, 2.75) is 44.6 Å². The molecule has 0 saturated carbocycles. The number of amides is 1. The average molecular weight is 334 g/mol. The molecule has 2 saturated heterocycles. The van der Waals surface area contributed by atoms with Gasteiger partial charge < -0.3 is 10.2 Å². The van der Waals surface area contributed by atoms with Crippen LogP contribution < -0.4 is 5.32 Å². The lowest BCUT2D eigenvalue weighted by molar-refractivity contribution is 0.0588. The molecule has 1 atom stereocenters. The molecular weight excluding hydrogens is 306 g/mol. The molecule has 1 aromatic rings. The van der Waals surface area contributed by atoms with Crippen LogP contribution in [0.4, 0.5) is 0 Å². The summed E-state index contributed by atoms with van der Waals surface area (Å²) in [5.41, 5.74) is 1.45. The maximum atomic E-state index is 12.8. The first kappa shape index (κ1) is 15.6. The number of fused-ring (bicyclic) bond motifs is 1. The molecule has 0 bridgehead atoms. The van der Waals surface area contributed by atoms with E-state index in [0.29, 0.717) is 6.04 Å². The number of carbonyl (C=O) groups is 1. The van der Waals surface area contributed by atoms with E-state index in [0.717, 1.165) is 44.1 Å². The van der Waals surface area contributed by atoms with Crippen molar-refractivity contribution in [3.63, 3.8) is 0 Å². The predicted octanol–water partition coefficient (Wildman–Crippen LogP) is 2.14. The van der Waals surface area contributed by atoms with Crippen molar-refractivity contribution in [3.05, 3.63) is 21.4 Å². The maximum absolute atomic E-state index is 12.8. The van der Waals surface area contributed by atoms with Gasteiger partial charge in [0.15, 0.2) is 0 Å². The fourth-order valence-electron chi connectivity index (χ4n) is 4.17. The fraction of sp³-hybridized carbons (Fsp3) is 0.722. The van der Waals surface area contributed by atoms with Gasteiger partial charge in [-0.3, -0.25) is 9.69 Å². The molecular formula is C18H27N3OS. The summed E-state index contributed by atoms with van der Waals surface area (Å²) in [6.07, 6.45) is 7.51. The monoisotopic (exact) mass is 333 g/mol. The van der Waals surface area contributed by atoms with Crippen molar-refractivity contribution < 1.29 is 4.79 Å². The van der Waals surface area contributed by atoms with Gasteiger partial charge >= 0.3 is 0 Å². The Balaban J connectivity index is 1.38. The van der Waals surface area contributed by atoms with Crippen molar-refractivity contribution >= 4 is 17.2 Å². The lowest BCUT2D eigenvalue weighted by atomic mass is 10.1. The lowest BCUT2D eigenvalue weighted by Crippen LogP contribution is -2.52. The molecule has 1 aliphatic carbocycles. The van der Waals surface area contributed by atoms with Gasteiger partial charge in [0, 0.05) is 43.6 Å². The van der Waals surface area contributed by atoms with Gasteiger partial charge in [-0.05, 0) is 50.3 Å². The van der Waals surface area contributed by atoms with Gasteiger partial charge in [0.2, 0.25) is 0 Å². The number of carbonyl (C=O) groups excluding carboxylic acids is 1. The first-order valence-corrected chi connectivity index (χ1v) is 9.98. The molecule has 4 rings (SSSR count). The van der Waals surface area contributed by atoms with E-state index in [4.69, 9.17) is 0 Å². The van der Waals surface area contributed by atoms with Crippen LogP contribution in [-0.4, -0.2) is 61.0 Å². The summed E-state index contributed by atoms with van der Waals surface area (Å²) in [5.74, 6) is 0.271. The third-order valence-electron chi connectivity index (χ3n) is 5.61. The molecule has 0 radical (unpaired) electrons. The third kappa shape index (κ3) is 3.32. The van der Waals surface area contributed by atoms with Gasteiger partial charge in [-0.1, -0.05) is 6.42 Å². The molecule has 1 N–H and O–H groups in total. The lowest BCUT2D eigenvalue weighted by Gasteiger charge is -2.37. The van der Waals surface area contributed by atoms with Gasteiger partial charge in [-0.15, -0.1) is 11.3 Å². The summed E-state index contributed by atoms with van der Waals surface area (Å²) >= 11 is 1.76. The highest BCUT2D eigenvalue weighted by molar-refractivity contribution is 7.14. The predicted molar refractivity (Wildman–Crippen MR) is 94.3 cm³/mol. The summed E-state index contributed by atoms with van der Waals surface area (Å²) in [5, 5.41) is 3.44. The summed E-state index contributed by atoms with van der Waals surface area (Å²) in [6, 6.07) is 2.88. The van der Waals surface area contributed by atoms with Crippen LogP contribution in [0.25, 0.3) is 0 Å². The second-order valence-corrected chi connectivity index (χ2v) is 8.23. The molecule has 1 unspecified atom stereocenters. The first-order chi connectivity index (χ1) is 11.3. The Kier molecular flexibility index (Phi) is 4.69. The van der Waals surface area contributed by atoms with Crippen molar-refractivity contribution in [1.29, 1.82) is 0 Å². The fourth-order valence-corrected chi connectivity index (χ4v) is 5.39. The number of rotatable bonds is 2. The number of hydrogen-bond acceptors (Lipinski definition) is 4. The standard InChI is InChI=1S/C18H27N3OS/c22-18(17-12-14-4-2-1-3-5-16(14)23-17)21-10-8-20(9-11-21)15-6-7-19-13-15/h12,15,19H,1-11,13H2. The van der Waals surface area contributed by atoms with Crippen LogP contribution in [0, 0.1) is 0 Å². The largest absolute Gasteiger partial charge is 0.335 e. The zero-order chi connectivity index (χ0) is 15.6. The normalized spacial score (nSPS) is 26.1. The number of thiophene rings is 1. The van der Waals surface area contributed by atoms with E-state index in [1.165, 1.54) is 49.0 Å². The Hall–Kier alpha value is -0.910. The van der Waals surface area contributed by atoms with Crippen molar-refractivity contribution in [2.75, 3.05) is 39.3 Å². The second-order valence-electron chi connectivity index (χ2n) is 7.09. The van der Waals surface area contributed by atoms with Crippen LogP contribution in [0.3, 0.4) is 0 Å². The topological polar surface area (TPSA) is 35.6 Å². The van der Waals surface area contributed by atoms with Crippen molar-refractivity contribution in [1.82, 2.24) is 15.1 Å². The van der Waals surface area contributed by atoms with Gasteiger partial charge in [-0.25, -0.2) is 0 Å². The highest BCUT2D eigenvalue weighted by atomic mass is 32.1. The molecule has 1 aromatic heterocycles. The molecule has 4 nitrogen and oxygen atoms in total. The Morgan fingerprint density at radius 2 is 1.96 bits per heavy atom. The number of hydrogen-bond donors (Lipinski definition) is 1. The smallest absolute Gasteiger partial charge is 0.264 e. The Bertz CT molecular complexity index is 533. The van der Waals surface area contributed by atoms with Gasteiger partial charge in [0.05, 0.1) is 4.88 Å². The molecule has 126 valence electrons. The minimum Gasteiger partial charge on any atom is -0.335 e. The molecule has 2 aliphatic heterocycles. The molecule has 2 fully saturated rings. The Labute approximate surface area is 142 Å². The summed E-state index contributed by atoms with van der Waals surface area (Å²) in [6.45, 7) is 6.10. The molecule has 5 heteroatoms. The van der Waals surface area contributed by atoms with Gasteiger partial charge in [0.1, 0.15) is 0 Å². The number of nitrogens with zero attached hydrogens (tertiary/aromatic N) is 2. The Morgan fingerprint density at radius 1 is 1.13 bits per heavy atom. The van der Waals surface area contributed by atoms with E-state index in [2.05, 4.69) is 21.2 Å². The second kappa shape index (κ2) is 6.91. The van der Waals surface area contributed by atoms with Gasteiger partial charge in [0.25, 0.3) is 5.91 Å². The molecule has 3 heterocycles. The summed E-state index contributed by atoms with van der Waals surface area (Å²) in [7, 11) is 0. The van der Waals surface area contributed by atoms with Gasteiger partial charge in [-0.2, -0.15) is 0 Å². The molecule has 0 aromatic carbocycles. The first-order valence-electron chi connectivity index (χ1n) is 9.17. The maximum Gasteiger partial charge on any atom is 0.264 e. The van der Waals surface area contributed by atoms with Crippen LogP contribution in [0.2, 0.25) is 0 Å². The number of piperazine rings is 1. The summed E-state index contributed by atoms with van der Waals surface area (Å²) in [4.78, 5) is 19.9. The average Bonchev–Trinajstić information content (AvgIpc) is 3.21. The van der Waals surface area contributed by atoms with E-state index in [-0.39, 0.29) is 5.91 Å². The number of aryl methyl sites for hydroxylation is 2. The van der Waals surface area contributed by atoms with Crippen LogP contribution >= 0.6 is 11.3 Å². The molecule has 3 aliphatic rings. The molecule has 1 amide bonds. The zero-order valence-corrected chi connectivity index (χ0v) is 14.7. The molecule has 23 heavy (non-hydrogen) atoms. The molecule has 0 spiro atoms. The highest BCUT2D eigenvalue weighted by Crippen LogP contribution is 2.30. The number of nitrogens with one attached hydrogen (secondary N) is 1. The van der Waals surface area contributed by atoms with E-state index in [1.807, 2.05) is 0 Å². The van der Waals surface area contributed by atoms with E-state index in [1.54, 1.807) is 11.3 Å². The van der Waals surface area contributed by atoms with E-state index < -0.39 is 0 Å². The van der Waals surface area contributed by atoms with E-state index >= 15 is 0 Å². The van der Waals surface area contributed by atoms with E-state index in [9.17, 15) is 4.79 Å². The van der Waals surface area contributed by atoms with Crippen LogP contribution in [0.5, 0.6) is 0 Å². The van der Waals surface area contributed by atoms with Crippen molar-refractivity contribution in [3.8, 4) is 0 Å². The Morgan fingerprint density at radius 3 is 2.74 bits per heavy atom. The SMILES string of the molecule is O=C(c1cc2c(s1)CCCCC2)N1CCN(C2CCNC2)CC1. The minimum atomic E-state index is 0.271. The minimum absolute atomic E-state index is 0.271. The zero-order valence-electron chi connectivity index (χ0n) is 13.9. The van der Waals surface area contributed by atoms with Crippen molar-refractivity contribution in [2.24, 2.45) is 0 Å². The summed E-state index contributed by atoms with van der Waals surface area (Å²) < 4.78 is 0. The van der Waals surface area contributed by atoms with Crippen LogP contribution in [-0.2, 0) is 12.8 Å². The van der Waals surface area contributed by atoms with Crippen LogP contribution in [0.15, 0.2) is 6.07 Å². The highest BCUT2D eigenvalue weighted by Gasteiger charge is 2.29. The third-order valence-corrected chi connectivity index (χ3v) is 6.83. The quantitative estimate of drug-likeness (QED) is 0.842. The van der Waals surface area contributed by atoms with Crippen LogP contribution in [0.1, 0.15) is 45.8 Å².